The minimum atomic E-state index is -0.594. The number of nitrogens with one attached hydrogen (secondary N) is 1. The number of benzene rings is 1. The maximum absolute atomic E-state index is 11.8. The maximum atomic E-state index is 11.8. The molecule has 17 heavy (non-hydrogen) atoms. The summed E-state index contributed by atoms with van der Waals surface area (Å²) >= 11 is 6.16. The van der Waals surface area contributed by atoms with E-state index in [1.54, 1.807) is 0 Å². The van der Waals surface area contributed by atoms with Crippen LogP contribution in [-0.4, -0.2) is 19.0 Å². The molecular weight excluding hydrogens is 259 g/mol. The first-order valence-electron chi connectivity index (χ1n) is 5.42. The number of halogens is 2. The molecule has 2 rings (SSSR count). The third-order valence-corrected chi connectivity index (χ3v) is 3.65. The van der Waals surface area contributed by atoms with Crippen LogP contribution in [0.1, 0.15) is 18.4 Å². The highest BCUT2D eigenvalue weighted by Crippen LogP contribution is 2.37. The standard InChI is InChI=1S/C12H15ClN2O.ClH/c13-10-4-2-1-3-9(10)12(11(14)16)5-7-15-8-6-12;/h1-4,15H,5-8H2,(H2,14,16);1H. The van der Waals surface area contributed by atoms with E-state index in [0.29, 0.717) is 17.9 Å². The molecule has 0 atom stereocenters. The largest absolute Gasteiger partial charge is 0.369 e. The molecule has 1 aromatic carbocycles. The monoisotopic (exact) mass is 274 g/mol. The van der Waals surface area contributed by atoms with Crippen molar-refractivity contribution in [3.05, 3.63) is 34.9 Å². The van der Waals surface area contributed by atoms with Gasteiger partial charge in [-0.1, -0.05) is 29.8 Å². The van der Waals surface area contributed by atoms with Crippen LogP contribution in [0.5, 0.6) is 0 Å². The van der Waals surface area contributed by atoms with Gasteiger partial charge >= 0.3 is 0 Å². The van der Waals surface area contributed by atoms with Crippen LogP contribution in [0.25, 0.3) is 0 Å². The minimum Gasteiger partial charge on any atom is -0.369 e. The van der Waals surface area contributed by atoms with E-state index in [4.69, 9.17) is 17.3 Å². The number of carbonyl (C=O) groups excluding carboxylic acids is 1. The summed E-state index contributed by atoms with van der Waals surface area (Å²) in [5.41, 5.74) is 5.85. The predicted octanol–water partition coefficient (Wildman–Crippen LogP) is 1.87. The van der Waals surface area contributed by atoms with Gasteiger partial charge in [-0.05, 0) is 37.6 Å². The lowest BCUT2D eigenvalue weighted by molar-refractivity contribution is -0.124. The number of piperidine rings is 1. The Labute approximate surface area is 112 Å². The number of amides is 1. The molecule has 1 aliphatic rings. The van der Waals surface area contributed by atoms with Crippen molar-refractivity contribution in [2.45, 2.75) is 18.3 Å². The first-order chi connectivity index (χ1) is 7.67. The highest BCUT2D eigenvalue weighted by atomic mass is 35.5. The van der Waals surface area contributed by atoms with Gasteiger partial charge in [0.25, 0.3) is 0 Å². The van der Waals surface area contributed by atoms with Gasteiger partial charge in [0.1, 0.15) is 0 Å². The van der Waals surface area contributed by atoms with E-state index in [1.807, 2.05) is 24.3 Å². The van der Waals surface area contributed by atoms with Gasteiger partial charge in [-0.3, -0.25) is 4.79 Å². The number of primary amides is 1. The molecule has 1 amide bonds. The fourth-order valence-corrected chi connectivity index (χ4v) is 2.67. The summed E-state index contributed by atoms with van der Waals surface area (Å²) in [6.07, 6.45) is 1.43. The highest BCUT2D eigenvalue weighted by molar-refractivity contribution is 6.31. The smallest absolute Gasteiger partial charge is 0.228 e. The quantitative estimate of drug-likeness (QED) is 0.865. The Morgan fingerprint density at radius 3 is 2.41 bits per heavy atom. The minimum absolute atomic E-state index is 0. The van der Waals surface area contributed by atoms with Gasteiger partial charge in [-0.2, -0.15) is 0 Å². The van der Waals surface area contributed by atoms with E-state index in [9.17, 15) is 4.79 Å². The second-order valence-corrected chi connectivity index (χ2v) is 4.58. The molecule has 1 saturated heterocycles. The number of rotatable bonds is 2. The van der Waals surface area contributed by atoms with Crippen molar-refractivity contribution >= 4 is 29.9 Å². The summed E-state index contributed by atoms with van der Waals surface area (Å²) in [6, 6.07) is 7.47. The van der Waals surface area contributed by atoms with E-state index in [-0.39, 0.29) is 18.3 Å². The Morgan fingerprint density at radius 2 is 1.88 bits per heavy atom. The second kappa shape index (κ2) is 5.71. The Kier molecular flexibility index (Phi) is 4.80. The Bertz CT molecular complexity index is 403. The molecule has 1 heterocycles. The zero-order chi connectivity index (χ0) is 11.6. The average molecular weight is 275 g/mol. The van der Waals surface area contributed by atoms with Crippen molar-refractivity contribution in [3.63, 3.8) is 0 Å². The molecular formula is C12H16Cl2N2O. The molecule has 0 aromatic heterocycles. The molecule has 3 N–H and O–H groups in total. The van der Waals surface area contributed by atoms with Crippen molar-refractivity contribution < 1.29 is 4.79 Å². The van der Waals surface area contributed by atoms with Gasteiger partial charge in [0.15, 0.2) is 0 Å². The van der Waals surface area contributed by atoms with Crippen LogP contribution in [0.3, 0.4) is 0 Å². The summed E-state index contributed by atoms with van der Waals surface area (Å²) in [5, 5.41) is 3.86. The predicted molar refractivity (Wildman–Crippen MR) is 71.7 cm³/mol. The molecule has 1 fully saturated rings. The lowest BCUT2D eigenvalue weighted by atomic mass is 9.72. The molecule has 0 aliphatic carbocycles. The highest BCUT2D eigenvalue weighted by Gasteiger charge is 2.40. The SMILES string of the molecule is Cl.NC(=O)C1(c2ccccc2Cl)CCNCC1. The van der Waals surface area contributed by atoms with Gasteiger partial charge in [-0.25, -0.2) is 0 Å². The van der Waals surface area contributed by atoms with E-state index >= 15 is 0 Å². The normalized spacial score (nSPS) is 18.2. The average Bonchev–Trinajstić information content (AvgIpc) is 2.30. The molecule has 1 aromatic rings. The second-order valence-electron chi connectivity index (χ2n) is 4.18. The van der Waals surface area contributed by atoms with Gasteiger partial charge in [0.2, 0.25) is 5.91 Å². The van der Waals surface area contributed by atoms with Crippen molar-refractivity contribution in [2.75, 3.05) is 13.1 Å². The van der Waals surface area contributed by atoms with Crippen LogP contribution < -0.4 is 11.1 Å². The molecule has 0 spiro atoms. The molecule has 0 saturated carbocycles. The molecule has 3 nitrogen and oxygen atoms in total. The summed E-state index contributed by atoms with van der Waals surface area (Å²) < 4.78 is 0. The number of carbonyl (C=O) groups is 1. The fourth-order valence-electron chi connectivity index (χ4n) is 2.35. The molecule has 1 aliphatic heterocycles. The molecule has 0 bridgehead atoms. The van der Waals surface area contributed by atoms with Crippen LogP contribution in [0.15, 0.2) is 24.3 Å². The number of hydrogen-bond acceptors (Lipinski definition) is 2. The van der Waals surface area contributed by atoms with Crippen LogP contribution >= 0.6 is 24.0 Å². The Balaban J connectivity index is 0.00000144. The number of hydrogen-bond donors (Lipinski definition) is 2. The summed E-state index contributed by atoms with van der Waals surface area (Å²) in [7, 11) is 0. The molecule has 94 valence electrons. The fraction of sp³-hybridized carbons (Fsp3) is 0.417. The first kappa shape index (κ1) is 14.3. The van der Waals surface area contributed by atoms with Gasteiger partial charge in [0.05, 0.1) is 5.41 Å². The van der Waals surface area contributed by atoms with Crippen LogP contribution in [0.4, 0.5) is 0 Å². The van der Waals surface area contributed by atoms with Gasteiger partial charge in [-0.15, -0.1) is 12.4 Å². The lowest BCUT2D eigenvalue weighted by Crippen LogP contribution is -2.48. The van der Waals surface area contributed by atoms with E-state index < -0.39 is 5.41 Å². The van der Waals surface area contributed by atoms with Crippen molar-refractivity contribution in [3.8, 4) is 0 Å². The van der Waals surface area contributed by atoms with E-state index in [0.717, 1.165) is 18.7 Å². The summed E-state index contributed by atoms with van der Waals surface area (Å²) in [6.45, 7) is 1.60. The van der Waals surface area contributed by atoms with Crippen LogP contribution in [0.2, 0.25) is 5.02 Å². The third-order valence-electron chi connectivity index (χ3n) is 3.32. The van der Waals surface area contributed by atoms with Gasteiger partial charge < -0.3 is 11.1 Å². The molecule has 0 unspecified atom stereocenters. The topological polar surface area (TPSA) is 55.1 Å². The Morgan fingerprint density at radius 1 is 1.29 bits per heavy atom. The molecule has 0 radical (unpaired) electrons. The van der Waals surface area contributed by atoms with Crippen molar-refractivity contribution in [1.29, 1.82) is 0 Å². The van der Waals surface area contributed by atoms with Crippen molar-refractivity contribution in [1.82, 2.24) is 5.32 Å². The third kappa shape index (κ3) is 2.57. The lowest BCUT2D eigenvalue weighted by Gasteiger charge is -2.35. The Hall–Kier alpha value is -0.770. The summed E-state index contributed by atoms with van der Waals surface area (Å²) in [4.78, 5) is 11.8. The first-order valence-corrected chi connectivity index (χ1v) is 5.80. The zero-order valence-electron chi connectivity index (χ0n) is 9.41. The zero-order valence-corrected chi connectivity index (χ0v) is 11.0. The van der Waals surface area contributed by atoms with Crippen molar-refractivity contribution in [2.24, 2.45) is 5.73 Å². The van der Waals surface area contributed by atoms with Crippen LogP contribution in [0, 0.1) is 0 Å². The van der Waals surface area contributed by atoms with Gasteiger partial charge in [0, 0.05) is 5.02 Å². The summed E-state index contributed by atoms with van der Waals surface area (Å²) in [5.74, 6) is -0.276. The van der Waals surface area contributed by atoms with Crippen LogP contribution in [-0.2, 0) is 10.2 Å². The van der Waals surface area contributed by atoms with E-state index in [2.05, 4.69) is 5.32 Å². The molecule has 5 heteroatoms. The van der Waals surface area contributed by atoms with E-state index in [1.165, 1.54) is 0 Å². The maximum Gasteiger partial charge on any atom is 0.228 e. The number of nitrogens with two attached hydrogens (primary N) is 1.